The molecular formula is C19H17NO4S. The average Bonchev–Trinajstić information content (AvgIpc) is 2.93. The summed E-state index contributed by atoms with van der Waals surface area (Å²) in [6, 6.07) is 12.0. The third kappa shape index (κ3) is 3.58. The van der Waals surface area contributed by atoms with E-state index in [1.165, 1.54) is 0 Å². The number of esters is 1. The molecule has 128 valence electrons. The second kappa shape index (κ2) is 7.11. The van der Waals surface area contributed by atoms with Crippen molar-refractivity contribution in [3.8, 4) is 0 Å². The lowest BCUT2D eigenvalue weighted by molar-refractivity contribution is -0.116. The van der Waals surface area contributed by atoms with E-state index in [2.05, 4.69) is 5.32 Å². The Kier molecular flexibility index (Phi) is 4.90. The minimum absolute atomic E-state index is 0.0836. The van der Waals surface area contributed by atoms with E-state index in [0.717, 1.165) is 16.1 Å². The largest absolute Gasteiger partial charge is 0.454 e. The molecule has 0 unspecified atom stereocenters. The van der Waals surface area contributed by atoms with Crippen molar-refractivity contribution < 1.29 is 19.1 Å². The average molecular weight is 355 g/mol. The molecule has 1 aliphatic heterocycles. The van der Waals surface area contributed by atoms with E-state index in [1.807, 2.05) is 18.4 Å². The number of thioether (sulfide) groups is 1. The molecule has 0 spiro atoms. The summed E-state index contributed by atoms with van der Waals surface area (Å²) in [5, 5.41) is 2.76. The number of carbonyl (C=O) groups is 3. The van der Waals surface area contributed by atoms with Crippen LogP contribution in [-0.4, -0.2) is 30.5 Å². The van der Waals surface area contributed by atoms with Gasteiger partial charge in [0.05, 0.1) is 11.5 Å². The molecule has 0 aliphatic carbocycles. The van der Waals surface area contributed by atoms with Crippen LogP contribution in [0.25, 0.3) is 0 Å². The maximum Gasteiger partial charge on any atom is 0.338 e. The summed E-state index contributed by atoms with van der Waals surface area (Å²) in [5.41, 5.74) is 2.34. The zero-order valence-electron chi connectivity index (χ0n) is 13.9. The highest BCUT2D eigenvalue weighted by molar-refractivity contribution is 7.98. The van der Waals surface area contributed by atoms with Gasteiger partial charge in [-0.15, -0.1) is 11.8 Å². The highest BCUT2D eigenvalue weighted by Crippen LogP contribution is 2.32. The van der Waals surface area contributed by atoms with Crippen LogP contribution >= 0.6 is 11.8 Å². The SMILES string of the molecule is CSc1ccc(C(=O)OCC(=O)c2ccc3c(c2)[C@H](C)C(=O)N3)cc1. The van der Waals surface area contributed by atoms with E-state index < -0.39 is 5.97 Å². The zero-order valence-corrected chi connectivity index (χ0v) is 14.7. The number of hydrogen-bond donors (Lipinski definition) is 1. The normalized spacial score (nSPS) is 15.4. The smallest absolute Gasteiger partial charge is 0.338 e. The highest BCUT2D eigenvalue weighted by Gasteiger charge is 2.27. The van der Waals surface area contributed by atoms with Crippen molar-refractivity contribution in [2.45, 2.75) is 17.7 Å². The van der Waals surface area contributed by atoms with Gasteiger partial charge in [-0.3, -0.25) is 9.59 Å². The Labute approximate surface area is 149 Å². The quantitative estimate of drug-likeness (QED) is 0.505. The first-order valence-corrected chi connectivity index (χ1v) is 9.01. The van der Waals surface area contributed by atoms with Crippen molar-refractivity contribution in [3.63, 3.8) is 0 Å². The van der Waals surface area contributed by atoms with E-state index in [1.54, 1.807) is 49.0 Å². The van der Waals surface area contributed by atoms with Crippen molar-refractivity contribution in [1.29, 1.82) is 0 Å². The summed E-state index contributed by atoms with van der Waals surface area (Å²) < 4.78 is 5.11. The Morgan fingerprint density at radius 1 is 1.12 bits per heavy atom. The number of anilines is 1. The molecule has 0 saturated heterocycles. The Balaban J connectivity index is 1.65. The Morgan fingerprint density at radius 2 is 1.80 bits per heavy atom. The molecule has 2 aromatic rings. The van der Waals surface area contributed by atoms with Gasteiger partial charge >= 0.3 is 5.97 Å². The van der Waals surface area contributed by atoms with Crippen LogP contribution in [0, 0.1) is 0 Å². The lowest BCUT2D eigenvalue weighted by Crippen LogP contribution is -2.14. The maximum atomic E-state index is 12.3. The summed E-state index contributed by atoms with van der Waals surface area (Å²) in [5.74, 6) is -1.21. The van der Waals surface area contributed by atoms with Crippen LogP contribution in [0.3, 0.4) is 0 Å². The number of amides is 1. The maximum absolute atomic E-state index is 12.3. The summed E-state index contributed by atoms with van der Waals surface area (Å²) in [6.07, 6.45) is 1.95. The number of rotatable bonds is 5. The highest BCUT2D eigenvalue weighted by atomic mass is 32.2. The number of ether oxygens (including phenoxy) is 1. The summed E-state index contributed by atoms with van der Waals surface area (Å²) in [7, 11) is 0. The molecule has 1 N–H and O–H groups in total. The second-order valence-corrected chi connectivity index (χ2v) is 6.62. The lowest BCUT2D eigenvalue weighted by Gasteiger charge is -2.07. The fraction of sp³-hybridized carbons (Fsp3) is 0.211. The van der Waals surface area contributed by atoms with Crippen LogP contribution in [0.15, 0.2) is 47.4 Å². The van der Waals surface area contributed by atoms with Crippen molar-refractivity contribution in [1.82, 2.24) is 0 Å². The Morgan fingerprint density at radius 3 is 2.48 bits per heavy atom. The van der Waals surface area contributed by atoms with Crippen LogP contribution in [0.5, 0.6) is 0 Å². The van der Waals surface area contributed by atoms with Gasteiger partial charge in [-0.1, -0.05) is 0 Å². The van der Waals surface area contributed by atoms with Gasteiger partial charge < -0.3 is 10.1 Å². The van der Waals surface area contributed by atoms with Crippen molar-refractivity contribution in [2.75, 3.05) is 18.2 Å². The molecule has 1 amide bonds. The van der Waals surface area contributed by atoms with Gasteiger partial charge in [0.1, 0.15) is 0 Å². The number of benzene rings is 2. The molecule has 5 nitrogen and oxygen atoms in total. The summed E-state index contributed by atoms with van der Waals surface area (Å²) in [6.45, 7) is 1.45. The van der Waals surface area contributed by atoms with Crippen molar-refractivity contribution >= 4 is 35.1 Å². The molecule has 0 bridgehead atoms. The predicted molar refractivity (Wildman–Crippen MR) is 96.3 cm³/mol. The van der Waals surface area contributed by atoms with Crippen LogP contribution < -0.4 is 5.32 Å². The zero-order chi connectivity index (χ0) is 18.0. The molecular weight excluding hydrogens is 338 g/mol. The van der Waals surface area contributed by atoms with Gasteiger partial charge in [-0.2, -0.15) is 0 Å². The van der Waals surface area contributed by atoms with E-state index >= 15 is 0 Å². The number of ketones is 1. The van der Waals surface area contributed by atoms with Gasteiger partial charge in [0, 0.05) is 16.1 Å². The van der Waals surface area contributed by atoms with Gasteiger partial charge in [0.2, 0.25) is 5.91 Å². The van der Waals surface area contributed by atoms with E-state index in [4.69, 9.17) is 4.74 Å². The third-order valence-corrected chi connectivity index (χ3v) is 4.89. The topological polar surface area (TPSA) is 72.5 Å². The first-order chi connectivity index (χ1) is 12.0. The number of fused-ring (bicyclic) bond motifs is 1. The molecule has 6 heteroatoms. The van der Waals surface area contributed by atoms with E-state index in [9.17, 15) is 14.4 Å². The van der Waals surface area contributed by atoms with E-state index in [-0.39, 0.29) is 24.2 Å². The number of hydrogen-bond acceptors (Lipinski definition) is 5. The molecule has 1 aliphatic rings. The number of Topliss-reactive ketones (excluding diaryl/α,β-unsaturated/α-hetero) is 1. The second-order valence-electron chi connectivity index (χ2n) is 5.74. The van der Waals surface area contributed by atoms with Crippen LogP contribution in [-0.2, 0) is 9.53 Å². The Hall–Kier alpha value is -2.60. The fourth-order valence-electron chi connectivity index (χ4n) is 2.62. The first-order valence-electron chi connectivity index (χ1n) is 7.79. The molecule has 0 saturated carbocycles. The van der Waals surface area contributed by atoms with Crippen molar-refractivity contribution in [2.24, 2.45) is 0 Å². The molecule has 25 heavy (non-hydrogen) atoms. The first kappa shape index (κ1) is 17.2. The van der Waals surface area contributed by atoms with Crippen molar-refractivity contribution in [3.05, 3.63) is 59.2 Å². The molecule has 0 aromatic heterocycles. The molecule has 0 fully saturated rings. The number of nitrogens with one attached hydrogen (secondary N) is 1. The monoisotopic (exact) mass is 355 g/mol. The summed E-state index contributed by atoms with van der Waals surface area (Å²) >= 11 is 1.58. The van der Waals surface area contributed by atoms with Gasteiger partial charge in [-0.05, 0) is 61.2 Å². The van der Waals surface area contributed by atoms with E-state index in [0.29, 0.717) is 11.1 Å². The minimum Gasteiger partial charge on any atom is -0.454 e. The molecule has 0 radical (unpaired) electrons. The van der Waals surface area contributed by atoms with Crippen LogP contribution in [0.1, 0.15) is 39.1 Å². The van der Waals surface area contributed by atoms with Crippen LogP contribution in [0.2, 0.25) is 0 Å². The lowest BCUT2D eigenvalue weighted by atomic mass is 9.99. The van der Waals surface area contributed by atoms with Gasteiger partial charge in [-0.25, -0.2) is 4.79 Å². The molecule has 3 rings (SSSR count). The Bertz CT molecular complexity index is 845. The number of carbonyl (C=O) groups excluding carboxylic acids is 3. The minimum atomic E-state index is -0.535. The molecule has 1 heterocycles. The molecule has 1 atom stereocenters. The van der Waals surface area contributed by atoms with Gasteiger partial charge in [0.25, 0.3) is 0 Å². The summed E-state index contributed by atoms with van der Waals surface area (Å²) in [4.78, 5) is 37.0. The third-order valence-electron chi connectivity index (χ3n) is 4.15. The van der Waals surface area contributed by atoms with Crippen LogP contribution in [0.4, 0.5) is 5.69 Å². The molecule has 2 aromatic carbocycles. The predicted octanol–water partition coefficient (Wildman–Crippen LogP) is 3.50. The standard InChI is InChI=1S/C19H17NO4S/c1-11-15-9-13(5-8-16(15)20-18(11)22)17(21)10-24-19(23)12-3-6-14(25-2)7-4-12/h3-9,11H,10H2,1-2H3,(H,20,22)/t11-/m0/s1. The van der Waals surface area contributed by atoms with Gasteiger partial charge in [0.15, 0.2) is 12.4 Å². The fourth-order valence-corrected chi connectivity index (χ4v) is 3.02.